The van der Waals surface area contributed by atoms with Crippen molar-refractivity contribution in [2.24, 2.45) is 5.73 Å². The van der Waals surface area contributed by atoms with Gasteiger partial charge < -0.3 is 10.6 Å². The fourth-order valence-electron chi connectivity index (χ4n) is 1.20. The average Bonchev–Trinajstić information content (AvgIpc) is 2.13. The van der Waals surface area contributed by atoms with Crippen LogP contribution >= 0.6 is 35.4 Å². The number of benzene rings is 1. The first kappa shape index (κ1) is 13.2. The molecule has 0 saturated carbocycles. The normalized spacial score (nSPS) is 9.94. The summed E-state index contributed by atoms with van der Waals surface area (Å²) in [6.07, 6.45) is 0. The Balaban J connectivity index is 2.91. The maximum Gasteiger partial charge on any atom is 0.254 e. The van der Waals surface area contributed by atoms with E-state index in [1.165, 1.54) is 4.90 Å². The van der Waals surface area contributed by atoms with Gasteiger partial charge in [-0.25, -0.2) is 0 Å². The number of likely N-dealkylation sites (N-methyl/N-ethyl adjacent to an activating group) is 1. The molecule has 0 fully saturated rings. The van der Waals surface area contributed by atoms with Crippen molar-refractivity contribution in [3.8, 4) is 0 Å². The maximum atomic E-state index is 11.9. The molecule has 3 nitrogen and oxygen atoms in total. The first-order valence-electron chi connectivity index (χ1n) is 4.40. The average molecular weight is 277 g/mol. The number of halogens is 2. The van der Waals surface area contributed by atoms with Crippen molar-refractivity contribution in [1.82, 2.24) is 4.90 Å². The van der Waals surface area contributed by atoms with Crippen LogP contribution in [-0.4, -0.2) is 29.4 Å². The van der Waals surface area contributed by atoms with Crippen molar-refractivity contribution >= 4 is 46.3 Å². The lowest BCUT2D eigenvalue weighted by molar-refractivity contribution is 0.0815. The highest BCUT2D eigenvalue weighted by molar-refractivity contribution is 7.80. The van der Waals surface area contributed by atoms with Crippen molar-refractivity contribution in [2.45, 2.75) is 0 Å². The number of rotatable bonds is 3. The Morgan fingerprint density at radius 2 is 1.88 bits per heavy atom. The Morgan fingerprint density at radius 1 is 1.38 bits per heavy atom. The lowest BCUT2D eigenvalue weighted by Crippen LogP contribution is -2.34. The van der Waals surface area contributed by atoms with Crippen molar-refractivity contribution in [3.05, 3.63) is 33.8 Å². The molecular weight excluding hydrogens is 267 g/mol. The summed E-state index contributed by atoms with van der Waals surface area (Å²) in [6, 6.07) is 4.66. The van der Waals surface area contributed by atoms with Crippen LogP contribution < -0.4 is 5.73 Å². The van der Waals surface area contributed by atoms with Gasteiger partial charge >= 0.3 is 0 Å². The maximum absolute atomic E-state index is 11.9. The molecule has 1 aromatic rings. The third-order valence-electron chi connectivity index (χ3n) is 1.85. The molecule has 0 spiro atoms. The molecule has 0 heterocycles. The van der Waals surface area contributed by atoms with Crippen LogP contribution in [0.1, 0.15) is 10.4 Å². The van der Waals surface area contributed by atoms with Gasteiger partial charge in [-0.2, -0.15) is 0 Å². The number of carbonyl (C=O) groups excluding carboxylic acids is 1. The Bertz CT molecular complexity index is 417. The van der Waals surface area contributed by atoms with Gasteiger partial charge in [0.05, 0.1) is 11.5 Å². The summed E-state index contributed by atoms with van der Waals surface area (Å²) in [7, 11) is 1.61. The van der Waals surface area contributed by atoms with E-state index in [0.717, 1.165) is 0 Å². The smallest absolute Gasteiger partial charge is 0.254 e. The van der Waals surface area contributed by atoms with Crippen LogP contribution in [0, 0.1) is 0 Å². The van der Waals surface area contributed by atoms with E-state index in [1.54, 1.807) is 25.2 Å². The number of nitrogens with zero attached hydrogens (tertiary/aromatic N) is 1. The Morgan fingerprint density at radius 3 is 2.31 bits per heavy atom. The number of hydrogen-bond donors (Lipinski definition) is 1. The summed E-state index contributed by atoms with van der Waals surface area (Å²) >= 11 is 16.3. The summed E-state index contributed by atoms with van der Waals surface area (Å²) in [6.45, 7) is 0.221. The Hall–Kier alpha value is -0.840. The fourth-order valence-corrected chi connectivity index (χ4v) is 1.92. The number of carbonyl (C=O) groups is 1. The second-order valence-electron chi connectivity index (χ2n) is 3.29. The van der Waals surface area contributed by atoms with E-state index < -0.39 is 0 Å². The molecule has 0 aliphatic rings. The molecule has 0 unspecified atom stereocenters. The molecule has 1 aromatic carbocycles. The van der Waals surface area contributed by atoms with Gasteiger partial charge in [0.15, 0.2) is 0 Å². The molecule has 0 aromatic heterocycles. The van der Waals surface area contributed by atoms with Crippen molar-refractivity contribution < 1.29 is 4.79 Å². The minimum absolute atomic E-state index is 0.221. The number of thiocarbonyl (C=S) groups is 1. The van der Waals surface area contributed by atoms with Gasteiger partial charge in [-0.3, -0.25) is 4.79 Å². The van der Waals surface area contributed by atoms with Gasteiger partial charge in [0.25, 0.3) is 5.91 Å². The van der Waals surface area contributed by atoms with E-state index in [1.807, 2.05) is 0 Å². The lowest BCUT2D eigenvalue weighted by Gasteiger charge is -2.16. The third-order valence-corrected chi connectivity index (χ3v) is 2.41. The molecule has 1 rings (SSSR count). The SMILES string of the molecule is CN(CC(N)=S)C(=O)c1cc(Cl)cc(Cl)c1. The van der Waals surface area contributed by atoms with Gasteiger partial charge in [-0.1, -0.05) is 35.4 Å². The van der Waals surface area contributed by atoms with Crippen molar-refractivity contribution in [2.75, 3.05) is 13.6 Å². The summed E-state index contributed by atoms with van der Waals surface area (Å²) in [5.41, 5.74) is 5.77. The Labute approximate surface area is 109 Å². The van der Waals surface area contributed by atoms with Crippen molar-refractivity contribution in [3.63, 3.8) is 0 Å². The summed E-state index contributed by atoms with van der Waals surface area (Å²) in [4.78, 5) is 13.5. The van der Waals surface area contributed by atoms with E-state index in [0.29, 0.717) is 15.6 Å². The summed E-state index contributed by atoms with van der Waals surface area (Å²) in [5.74, 6) is -0.225. The Kier molecular flexibility index (Phi) is 4.53. The standard InChI is InChI=1S/C10H10Cl2N2OS/c1-14(5-9(13)16)10(15)6-2-7(11)4-8(12)3-6/h2-4H,5H2,1H3,(H2,13,16). The first-order valence-corrected chi connectivity index (χ1v) is 5.56. The number of amides is 1. The highest BCUT2D eigenvalue weighted by Crippen LogP contribution is 2.19. The fraction of sp³-hybridized carbons (Fsp3) is 0.200. The zero-order valence-corrected chi connectivity index (χ0v) is 10.9. The molecule has 0 saturated heterocycles. The second-order valence-corrected chi connectivity index (χ2v) is 4.68. The molecule has 0 aliphatic carbocycles. The number of nitrogens with two attached hydrogens (primary N) is 1. The molecule has 0 bridgehead atoms. The minimum atomic E-state index is -0.225. The molecule has 16 heavy (non-hydrogen) atoms. The van der Waals surface area contributed by atoms with Crippen LogP contribution in [0.2, 0.25) is 10.0 Å². The molecule has 86 valence electrons. The molecule has 0 radical (unpaired) electrons. The molecule has 6 heteroatoms. The highest BCUT2D eigenvalue weighted by atomic mass is 35.5. The topological polar surface area (TPSA) is 46.3 Å². The van der Waals surface area contributed by atoms with Gasteiger partial charge in [0.2, 0.25) is 0 Å². The summed E-state index contributed by atoms with van der Waals surface area (Å²) in [5, 5.41) is 0.833. The van der Waals surface area contributed by atoms with Crippen LogP contribution in [-0.2, 0) is 0 Å². The lowest BCUT2D eigenvalue weighted by atomic mass is 10.2. The van der Waals surface area contributed by atoms with Crippen LogP contribution in [0.3, 0.4) is 0 Å². The van der Waals surface area contributed by atoms with Gasteiger partial charge in [-0.15, -0.1) is 0 Å². The van der Waals surface area contributed by atoms with E-state index in [4.69, 9.17) is 41.2 Å². The monoisotopic (exact) mass is 276 g/mol. The largest absolute Gasteiger partial charge is 0.392 e. The molecular formula is C10H10Cl2N2OS. The zero-order valence-electron chi connectivity index (χ0n) is 8.54. The van der Waals surface area contributed by atoms with Crippen LogP contribution in [0.4, 0.5) is 0 Å². The first-order chi connectivity index (χ1) is 7.40. The van der Waals surface area contributed by atoms with Crippen LogP contribution in [0.15, 0.2) is 18.2 Å². The predicted octanol–water partition coefficient (Wildman–Crippen LogP) is 2.35. The van der Waals surface area contributed by atoms with Crippen molar-refractivity contribution in [1.29, 1.82) is 0 Å². The highest BCUT2D eigenvalue weighted by Gasteiger charge is 2.13. The molecule has 0 aliphatic heterocycles. The second kappa shape index (κ2) is 5.48. The predicted molar refractivity (Wildman–Crippen MR) is 70.2 cm³/mol. The van der Waals surface area contributed by atoms with Crippen LogP contribution in [0.5, 0.6) is 0 Å². The molecule has 1 amide bonds. The van der Waals surface area contributed by atoms with Gasteiger partial charge in [-0.05, 0) is 18.2 Å². The van der Waals surface area contributed by atoms with E-state index in [2.05, 4.69) is 0 Å². The van der Waals surface area contributed by atoms with Gasteiger partial charge in [0.1, 0.15) is 0 Å². The molecule has 2 N–H and O–H groups in total. The van der Waals surface area contributed by atoms with Crippen LogP contribution in [0.25, 0.3) is 0 Å². The van der Waals surface area contributed by atoms with E-state index >= 15 is 0 Å². The van der Waals surface area contributed by atoms with E-state index in [9.17, 15) is 4.79 Å². The molecule has 0 atom stereocenters. The number of hydrogen-bond acceptors (Lipinski definition) is 2. The van der Waals surface area contributed by atoms with Gasteiger partial charge in [0, 0.05) is 22.7 Å². The van der Waals surface area contributed by atoms with E-state index in [-0.39, 0.29) is 17.4 Å². The quantitative estimate of drug-likeness (QED) is 0.863. The minimum Gasteiger partial charge on any atom is -0.392 e. The summed E-state index contributed by atoms with van der Waals surface area (Å²) < 4.78 is 0. The third kappa shape index (κ3) is 3.63. The zero-order chi connectivity index (χ0) is 12.3.